The zero-order valence-corrected chi connectivity index (χ0v) is 7.75. The average molecular weight is 197 g/mol. The number of pyridine rings is 1. The third-order valence-corrected chi connectivity index (χ3v) is 1.53. The lowest BCUT2D eigenvalue weighted by Gasteiger charge is -1.91. The SMILES string of the molecule is N#C/C(N)=C(\C#N)N=Cc1ccncc1. The largest absolute Gasteiger partial charge is 0.388 e. The molecule has 0 aliphatic heterocycles. The van der Waals surface area contributed by atoms with Crippen LogP contribution in [-0.2, 0) is 0 Å². The maximum Gasteiger partial charge on any atom is 0.174 e. The van der Waals surface area contributed by atoms with Crippen molar-refractivity contribution >= 4 is 6.21 Å². The van der Waals surface area contributed by atoms with E-state index in [1.807, 2.05) is 0 Å². The van der Waals surface area contributed by atoms with Gasteiger partial charge in [-0.15, -0.1) is 0 Å². The monoisotopic (exact) mass is 197 g/mol. The van der Waals surface area contributed by atoms with Gasteiger partial charge in [-0.2, -0.15) is 10.5 Å². The van der Waals surface area contributed by atoms with Gasteiger partial charge in [-0.1, -0.05) is 0 Å². The molecule has 72 valence electrons. The third kappa shape index (κ3) is 2.94. The molecule has 0 atom stereocenters. The van der Waals surface area contributed by atoms with Crippen molar-refractivity contribution in [1.29, 1.82) is 10.5 Å². The van der Waals surface area contributed by atoms with Gasteiger partial charge in [0.25, 0.3) is 0 Å². The van der Waals surface area contributed by atoms with Crippen LogP contribution in [0, 0.1) is 22.7 Å². The maximum atomic E-state index is 8.64. The van der Waals surface area contributed by atoms with E-state index in [2.05, 4.69) is 9.98 Å². The topological polar surface area (TPSA) is 98.8 Å². The maximum absolute atomic E-state index is 8.64. The molecule has 0 aliphatic carbocycles. The molecule has 5 nitrogen and oxygen atoms in total. The first-order valence-electron chi connectivity index (χ1n) is 4.02. The smallest absolute Gasteiger partial charge is 0.174 e. The highest BCUT2D eigenvalue weighted by atomic mass is 14.8. The van der Waals surface area contributed by atoms with Crippen LogP contribution >= 0.6 is 0 Å². The Bertz CT molecular complexity index is 473. The van der Waals surface area contributed by atoms with Crippen molar-refractivity contribution in [3.8, 4) is 12.1 Å². The van der Waals surface area contributed by atoms with Crippen molar-refractivity contribution in [2.24, 2.45) is 10.7 Å². The molecular weight excluding hydrogens is 190 g/mol. The van der Waals surface area contributed by atoms with Crippen molar-refractivity contribution in [1.82, 2.24) is 4.98 Å². The highest BCUT2D eigenvalue weighted by molar-refractivity contribution is 5.80. The minimum atomic E-state index is -0.192. The summed E-state index contributed by atoms with van der Waals surface area (Å²) in [5.41, 5.74) is 5.76. The molecule has 0 spiro atoms. The van der Waals surface area contributed by atoms with Gasteiger partial charge in [0.2, 0.25) is 0 Å². The standard InChI is InChI=1S/C10H7N5/c11-5-9(13)10(6-12)15-7-8-1-3-14-4-2-8/h1-4,7H,13H2/b10-9-,15-7?. The normalized spacial score (nSPS) is 11.6. The Hall–Kier alpha value is -2.66. The fourth-order valence-corrected chi connectivity index (χ4v) is 0.800. The summed E-state index contributed by atoms with van der Waals surface area (Å²) in [4.78, 5) is 7.63. The fourth-order valence-electron chi connectivity index (χ4n) is 0.800. The lowest BCUT2D eigenvalue weighted by atomic mass is 10.3. The molecule has 15 heavy (non-hydrogen) atoms. The van der Waals surface area contributed by atoms with Gasteiger partial charge in [0.05, 0.1) is 0 Å². The molecule has 0 fully saturated rings. The molecule has 0 aliphatic rings. The number of aromatic nitrogens is 1. The minimum Gasteiger partial charge on any atom is -0.388 e. The minimum absolute atomic E-state index is 0.0886. The summed E-state index contributed by atoms with van der Waals surface area (Å²) in [5.74, 6) is 0. The van der Waals surface area contributed by atoms with E-state index in [-0.39, 0.29) is 11.4 Å². The molecule has 0 unspecified atom stereocenters. The molecule has 0 radical (unpaired) electrons. The summed E-state index contributed by atoms with van der Waals surface area (Å²) < 4.78 is 0. The summed E-state index contributed by atoms with van der Waals surface area (Å²) in [5, 5.41) is 17.1. The first kappa shape index (κ1) is 10.4. The van der Waals surface area contributed by atoms with Crippen molar-refractivity contribution in [3.63, 3.8) is 0 Å². The molecule has 5 heteroatoms. The molecule has 0 aromatic carbocycles. The van der Waals surface area contributed by atoms with E-state index in [1.165, 1.54) is 6.21 Å². The van der Waals surface area contributed by atoms with Gasteiger partial charge in [0, 0.05) is 18.6 Å². The number of hydrogen-bond donors (Lipinski definition) is 1. The van der Waals surface area contributed by atoms with Crippen LogP contribution in [-0.4, -0.2) is 11.2 Å². The molecule has 1 aromatic heterocycles. The van der Waals surface area contributed by atoms with Crippen molar-refractivity contribution in [3.05, 3.63) is 41.5 Å². The van der Waals surface area contributed by atoms with Gasteiger partial charge < -0.3 is 5.73 Å². The van der Waals surface area contributed by atoms with E-state index >= 15 is 0 Å². The molecule has 1 heterocycles. The van der Waals surface area contributed by atoms with E-state index in [0.29, 0.717) is 0 Å². The van der Waals surface area contributed by atoms with Crippen LogP contribution < -0.4 is 5.73 Å². The quantitative estimate of drug-likeness (QED) is 0.557. The van der Waals surface area contributed by atoms with Crippen LogP contribution in [0.15, 0.2) is 40.9 Å². The van der Waals surface area contributed by atoms with Gasteiger partial charge in [-0.3, -0.25) is 4.98 Å². The molecule has 1 rings (SSSR count). The Kier molecular flexibility index (Phi) is 3.58. The Morgan fingerprint density at radius 1 is 1.33 bits per heavy atom. The van der Waals surface area contributed by atoms with Crippen LogP contribution in [0.3, 0.4) is 0 Å². The van der Waals surface area contributed by atoms with Gasteiger partial charge in [-0.25, -0.2) is 4.99 Å². The Morgan fingerprint density at radius 2 is 2.00 bits per heavy atom. The molecule has 2 N–H and O–H groups in total. The number of nitriles is 2. The lowest BCUT2D eigenvalue weighted by molar-refractivity contribution is 1.27. The van der Waals surface area contributed by atoms with E-state index < -0.39 is 0 Å². The number of nitrogens with zero attached hydrogens (tertiary/aromatic N) is 4. The first-order chi connectivity index (χ1) is 7.27. The molecule has 0 saturated heterocycles. The second-order valence-corrected chi connectivity index (χ2v) is 2.52. The summed E-state index contributed by atoms with van der Waals surface area (Å²) in [6.07, 6.45) is 4.65. The molecular formula is C10H7N5. The number of allylic oxidation sites excluding steroid dienone is 2. The van der Waals surface area contributed by atoms with E-state index in [9.17, 15) is 0 Å². The summed E-state index contributed by atoms with van der Waals surface area (Å²) in [6.45, 7) is 0. The zero-order valence-electron chi connectivity index (χ0n) is 7.75. The van der Waals surface area contributed by atoms with Gasteiger partial charge in [-0.05, 0) is 17.7 Å². The van der Waals surface area contributed by atoms with Crippen LogP contribution in [0.2, 0.25) is 0 Å². The van der Waals surface area contributed by atoms with Crippen LogP contribution in [0.4, 0.5) is 0 Å². The zero-order chi connectivity index (χ0) is 11.1. The second kappa shape index (κ2) is 5.15. The first-order valence-corrected chi connectivity index (χ1v) is 4.02. The number of aliphatic imine (C=N–C) groups is 1. The summed E-state index contributed by atoms with van der Waals surface area (Å²) in [6, 6.07) is 6.85. The Labute approximate surface area is 86.8 Å². The molecule has 0 bridgehead atoms. The Morgan fingerprint density at radius 3 is 2.53 bits per heavy atom. The van der Waals surface area contributed by atoms with E-state index in [0.717, 1.165) is 5.56 Å². The molecule has 1 aromatic rings. The van der Waals surface area contributed by atoms with Gasteiger partial charge >= 0.3 is 0 Å². The lowest BCUT2D eigenvalue weighted by Crippen LogP contribution is -1.97. The summed E-state index contributed by atoms with van der Waals surface area (Å²) in [7, 11) is 0. The van der Waals surface area contributed by atoms with Gasteiger partial charge in [0.15, 0.2) is 5.70 Å². The molecule has 0 amide bonds. The Balaban J connectivity index is 2.93. The summed E-state index contributed by atoms with van der Waals surface area (Å²) >= 11 is 0. The second-order valence-electron chi connectivity index (χ2n) is 2.52. The van der Waals surface area contributed by atoms with Gasteiger partial charge in [0.1, 0.15) is 17.8 Å². The number of rotatable bonds is 2. The van der Waals surface area contributed by atoms with Crippen LogP contribution in [0.1, 0.15) is 5.56 Å². The predicted octanol–water partition coefficient (Wildman–Crippen LogP) is 0.718. The number of nitrogens with two attached hydrogens (primary N) is 1. The fraction of sp³-hybridized carbons (Fsp3) is 0. The highest BCUT2D eigenvalue weighted by Crippen LogP contribution is 2.00. The van der Waals surface area contributed by atoms with Crippen molar-refractivity contribution in [2.45, 2.75) is 0 Å². The third-order valence-electron chi connectivity index (χ3n) is 1.53. The average Bonchev–Trinajstić information content (AvgIpc) is 2.31. The van der Waals surface area contributed by atoms with E-state index in [1.54, 1.807) is 36.7 Å². The van der Waals surface area contributed by atoms with Crippen molar-refractivity contribution < 1.29 is 0 Å². The molecule has 0 saturated carbocycles. The highest BCUT2D eigenvalue weighted by Gasteiger charge is 1.98. The van der Waals surface area contributed by atoms with Crippen molar-refractivity contribution in [2.75, 3.05) is 0 Å². The number of hydrogen-bond acceptors (Lipinski definition) is 5. The van der Waals surface area contributed by atoms with Crippen LogP contribution in [0.5, 0.6) is 0 Å². The van der Waals surface area contributed by atoms with E-state index in [4.69, 9.17) is 16.3 Å². The predicted molar refractivity (Wildman–Crippen MR) is 54.3 cm³/mol. The van der Waals surface area contributed by atoms with Crippen LogP contribution in [0.25, 0.3) is 0 Å².